The quantitative estimate of drug-likeness (QED) is 0.117. The van der Waals surface area contributed by atoms with Crippen molar-refractivity contribution in [1.29, 1.82) is 0 Å². The number of fused-ring (bicyclic) bond motifs is 1. The fourth-order valence-corrected chi connectivity index (χ4v) is 5.69. The van der Waals surface area contributed by atoms with Gasteiger partial charge in [-0.1, -0.05) is 57.8 Å². The van der Waals surface area contributed by atoms with E-state index >= 15 is 0 Å². The highest BCUT2D eigenvalue weighted by atomic mass is 28.3. The summed E-state index contributed by atoms with van der Waals surface area (Å²) in [6, 6.07) is 18.3. The van der Waals surface area contributed by atoms with E-state index in [9.17, 15) is 13.2 Å². The zero-order chi connectivity index (χ0) is 30.9. The number of aromatic nitrogens is 4. The van der Waals surface area contributed by atoms with Gasteiger partial charge in [-0.15, -0.1) is 0 Å². The first kappa shape index (κ1) is 30.6. The number of hydrogen-bond donors (Lipinski definition) is 0. The average molecular weight is 607 g/mol. The van der Waals surface area contributed by atoms with Gasteiger partial charge in [0.05, 0.1) is 23.6 Å². The first-order chi connectivity index (χ1) is 20.3. The number of imidazole rings is 1. The predicted octanol–water partition coefficient (Wildman–Crippen LogP) is 9.35. The number of nitrogens with zero attached hydrogens (tertiary/aromatic N) is 4. The number of aryl methyl sites for hydroxylation is 1. The van der Waals surface area contributed by atoms with Crippen LogP contribution in [0.25, 0.3) is 33.5 Å². The van der Waals surface area contributed by atoms with Crippen molar-refractivity contribution in [3.05, 3.63) is 84.4 Å². The molecule has 226 valence electrons. The maximum Gasteiger partial charge on any atom is 0.434 e. The van der Waals surface area contributed by atoms with E-state index in [1.165, 1.54) is 10.1 Å². The second-order valence-corrected chi connectivity index (χ2v) is 17.9. The number of halogens is 3. The van der Waals surface area contributed by atoms with E-state index in [2.05, 4.69) is 50.6 Å². The van der Waals surface area contributed by atoms with Crippen LogP contribution in [0.15, 0.2) is 73.2 Å². The van der Waals surface area contributed by atoms with Crippen molar-refractivity contribution >= 4 is 19.0 Å². The lowest BCUT2D eigenvalue weighted by Crippen LogP contribution is -2.21. The Balaban J connectivity index is 1.47. The van der Waals surface area contributed by atoms with Gasteiger partial charge in [0.2, 0.25) is 0 Å². The Morgan fingerprint density at radius 1 is 0.977 bits per heavy atom. The Bertz CT molecular complexity index is 1720. The number of ether oxygens (including phenoxy) is 2. The summed E-state index contributed by atoms with van der Waals surface area (Å²) in [5.74, 6) is 1.75. The molecule has 0 amide bonds. The third-order valence-corrected chi connectivity index (χ3v) is 9.03. The van der Waals surface area contributed by atoms with E-state index in [1.807, 2.05) is 35.2 Å². The maximum atomic E-state index is 13.2. The zero-order valence-corrected chi connectivity index (χ0v) is 26.4. The minimum atomic E-state index is -4.50. The van der Waals surface area contributed by atoms with E-state index in [0.717, 1.165) is 34.4 Å². The molecule has 0 N–H and O–H groups in total. The van der Waals surface area contributed by atoms with Crippen LogP contribution in [-0.4, -0.2) is 33.8 Å². The standard InChI is InChI=1S/C33H37F3N4O2Si/c1-22(2)25-9-7-8-10-26(25)28-17-27-29(18-37-28)40(21-41-15-16-43(4,5)6)19-30(27)42-24-13-11-23(12-14-24)32-38-31(20-39(32)3)33(34,35)36/h7-14,17-20,22H,15-16,21H2,1-6H3. The van der Waals surface area contributed by atoms with Crippen molar-refractivity contribution in [3.63, 3.8) is 0 Å². The molecule has 0 saturated carbocycles. The van der Waals surface area contributed by atoms with E-state index in [0.29, 0.717) is 36.3 Å². The number of alkyl halides is 3. The van der Waals surface area contributed by atoms with Crippen LogP contribution >= 0.6 is 0 Å². The molecule has 0 aliphatic rings. The number of hydrogen-bond acceptors (Lipinski definition) is 4. The Hall–Kier alpha value is -3.89. The summed E-state index contributed by atoms with van der Waals surface area (Å²) >= 11 is 0. The summed E-state index contributed by atoms with van der Waals surface area (Å²) in [6.45, 7) is 12.3. The van der Waals surface area contributed by atoms with Crippen LogP contribution in [0.2, 0.25) is 25.7 Å². The molecule has 0 atom stereocenters. The average Bonchev–Trinajstić information content (AvgIpc) is 3.51. The van der Waals surface area contributed by atoms with Crippen molar-refractivity contribution in [1.82, 2.24) is 19.1 Å². The number of benzene rings is 2. The molecule has 0 spiro atoms. The minimum Gasteiger partial charge on any atom is -0.455 e. The molecule has 43 heavy (non-hydrogen) atoms. The Morgan fingerprint density at radius 2 is 1.70 bits per heavy atom. The fourth-order valence-electron chi connectivity index (χ4n) is 4.94. The van der Waals surface area contributed by atoms with Crippen LogP contribution in [0.3, 0.4) is 0 Å². The topological polar surface area (TPSA) is 54.1 Å². The molecule has 0 saturated heterocycles. The van der Waals surface area contributed by atoms with Gasteiger partial charge in [-0.3, -0.25) is 4.98 Å². The second-order valence-electron chi connectivity index (χ2n) is 12.3. The summed E-state index contributed by atoms with van der Waals surface area (Å²) in [5, 5.41) is 0.889. The van der Waals surface area contributed by atoms with E-state index < -0.39 is 19.9 Å². The Kier molecular flexibility index (Phi) is 8.53. The van der Waals surface area contributed by atoms with Crippen molar-refractivity contribution in [2.24, 2.45) is 7.05 Å². The van der Waals surface area contributed by atoms with Gasteiger partial charge in [0.1, 0.15) is 18.3 Å². The molecule has 0 aliphatic carbocycles. The Labute approximate surface area is 251 Å². The number of rotatable bonds is 10. The van der Waals surface area contributed by atoms with Crippen LogP contribution in [0.4, 0.5) is 13.2 Å². The van der Waals surface area contributed by atoms with Crippen molar-refractivity contribution in [3.8, 4) is 34.1 Å². The zero-order valence-electron chi connectivity index (χ0n) is 25.4. The molecule has 2 aromatic carbocycles. The third-order valence-electron chi connectivity index (χ3n) is 7.32. The molecule has 5 rings (SSSR count). The predicted molar refractivity (Wildman–Crippen MR) is 167 cm³/mol. The van der Waals surface area contributed by atoms with E-state index in [-0.39, 0.29) is 5.82 Å². The van der Waals surface area contributed by atoms with E-state index in [4.69, 9.17) is 14.5 Å². The highest BCUT2D eigenvalue weighted by Crippen LogP contribution is 2.37. The third kappa shape index (κ3) is 7.02. The van der Waals surface area contributed by atoms with Gasteiger partial charge in [-0.25, -0.2) is 4.98 Å². The number of pyridine rings is 1. The smallest absolute Gasteiger partial charge is 0.434 e. The van der Waals surface area contributed by atoms with Crippen molar-refractivity contribution in [2.75, 3.05) is 6.61 Å². The lowest BCUT2D eigenvalue weighted by molar-refractivity contribution is -0.140. The normalized spacial score (nSPS) is 12.4. The largest absolute Gasteiger partial charge is 0.455 e. The van der Waals surface area contributed by atoms with Crippen molar-refractivity contribution < 1.29 is 22.6 Å². The lowest BCUT2D eigenvalue weighted by atomic mass is 9.95. The highest BCUT2D eigenvalue weighted by Gasteiger charge is 2.34. The molecule has 10 heteroatoms. The molecule has 0 aliphatic heterocycles. The summed E-state index contributed by atoms with van der Waals surface area (Å²) < 4.78 is 55.3. The minimum absolute atomic E-state index is 0.227. The second kappa shape index (κ2) is 12.0. The molecule has 5 aromatic rings. The molecule has 0 radical (unpaired) electrons. The van der Waals surface area contributed by atoms with Crippen LogP contribution in [0.5, 0.6) is 11.5 Å². The van der Waals surface area contributed by atoms with Crippen LogP contribution in [0, 0.1) is 0 Å². The van der Waals surface area contributed by atoms with Crippen LogP contribution in [0.1, 0.15) is 31.0 Å². The van der Waals surface area contributed by atoms with Gasteiger partial charge < -0.3 is 18.6 Å². The maximum absolute atomic E-state index is 13.2. The SMILES string of the molecule is CC(C)c1ccccc1-c1cc2c(Oc3ccc(-c4nc(C(F)(F)F)cn4C)cc3)cn(COCC[Si](C)(C)C)c2cn1. The summed E-state index contributed by atoms with van der Waals surface area (Å²) in [4.78, 5) is 8.62. The van der Waals surface area contributed by atoms with Crippen LogP contribution < -0.4 is 4.74 Å². The summed E-state index contributed by atoms with van der Waals surface area (Å²) in [7, 11) is 0.319. The monoisotopic (exact) mass is 606 g/mol. The fraction of sp³-hybridized carbons (Fsp3) is 0.333. The van der Waals surface area contributed by atoms with Crippen LogP contribution in [-0.2, 0) is 24.7 Å². The lowest BCUT2D eigenvalue weighted by Gasteiger charge is -2.15. The van der Waals surface area contributed by atoms with Gasteiger partial charge in [0.15, 0.2) is 11.4 Å². The van der Waals surface area contributed by atoms with E-state index in [1.54, 1.807) is 31.3 Å². The Morgan fingerprint density at radius 3 is 2.35 bits per heavy atom. The van der Waals surface area contributed by atoms with Gasteiger partial charge in [-0.2, -0.15) is 13.2 Å². The molecule has 3 heterocycles. The first-order valence-electron chi connectivity index (χ1n) is 14.3. The molecular formula is C33H37F3N4O2Si. The summed E-state index contributed by atoms with van der Waals surface area (Å²) in [6.07, 6.45) is 0.263. The molecule has 0 fully saturated rings. The van der Waals surface area contributed by atoms with Gasteiger partial charge in [-0.05, 0) is 47.9 Å². The molecule has 6 nitrogen and oxygen atoms in total. The molecule has 0 bridgehead atoms. The van der Waals surface area contributed by atoms with Gasteiger partial charge in [0, 0.05) is 44.4 Å². The van der Waals surface area contributed by atoms with Gasteiger partial charge in [0.25, 0.3) is 0 Å². The molecule has 3 aromatic heterocycles. The molecule has 0 unspecified atom stereocenters. The highest BCUT2D eigenvalue weighted by molar-refractivity contribution is 6.76. The summed E-state index contributed by atoms with van der Waals surface area (Å²) in [5.41, 5.74) is 3.66. The first-order valence-corrected chi connectivity index (χ1v) is 18.1. The van der Waals surface area contributed by atoms with Crippen molar-refractivity contribution in [2.45, 2.75) is 58.4 Å². The van der Waals surface area contributed by atoms with Gasteiger partial charge >= 0.3 is 6.18 Å². The molecular weight excluding hydrogens is 569 g/mol.